The second-order valence-corrected chi connectivity index (χ2v) is 4.19. The van der Waals surface area contributed by atoms with Crippen molar-refractivity contribution in [2.45, 2.75) is 19.8 Å². The lowest BCUT2D eigenvalue weighted by Gasteiger charge is -2.08. The highest BCUT2D eigenvalue weighted by Gasteiger charge is 2.07. The number of benzene rings is 1. The van der Waals surface area contributed by atoms with Crippen molar-refractivity contribution in [3.63, 3.8) is 0 Å². The predicted molar refractivity (Wildman–Crippen MR) is 78.3 cm³/mol. The van der Waals surface area contributed by atoms with E-state index in [2.05, 4.69) is 10.1 Å². The number of hydrogen-bond acceptors (Lipinski definition) is 5. The van der Waals surface area contributed by atoms with Crippen LogP contribution in [0, 0.1) is 0 Å². The normalized spacial score (nSPS) is 10.0. The summed E-state index contributed by atoms with van der Waals surface area (Å²) in [5.74, 6) is 0.0795. The van der Waals surface area contributed by atoms with Crippen LogP contribution in [0.15, 0.2) is 24.3 Å². The summed E-state index contributed by atoms with van der Waals surface area (Å²) in [5, 5.41) is 2.70. The zero-order valence-corrected chi connectivity index (χ0v) is 12.4. The van der Waals surface area contributed by atoms with Gasteiger partial charge in [0.15, 0.2) is 0 Å². The second-order valence-electron chi connectivity index (χ2n) is 4.19. The first kappa shape index (κ1) is 17.0. The van der Waals surface area contributed by atoms with Gasteiger partial charge in [0.25, 0.3) is 0 Å². The van der Waals surface area contributed by atoms with Crippen molar-refractivity contribution in [3.05, 3.63) is 24.3 Å². The fraction of sp³-hybridized carbons (Fsp3) is 0.467. The molecule has 1 aromatic carbocycles. The highest BCUT2D eigenvalue weighted by molar-refractivity contribution is 5.92. The molecule has 0 radical (unpaired) electrons. The monoisotopic (exact) mass is 295 g/mol. The molecule has 0 aliphatic rings. The smallest absolute Gasteiger partial charge is 0.306 e. The van der Waals surface area contributed by atoms with Crippen molar-refractivity contribution < 1.29 is 23.8 Å². The predicted octanol–water partition coefficient (Wildman–Crippen LogP) is 1.99. The van der Waals surface area contributed by atoms with Crippen LogP contribution >= 0.6 is 0 Å². The summed E-state index contributed by atoms with van der Waals surface area (Å²) in [5.41, 5.74) is 0.655. The SMILES string of the molecule is CCOCCOc1ccc(NC(=O)CCC(=O)OC)cc1. The Morgan fingerprint density at radius 2 is 1.81 bits per heavy atom. The van der Waals surface area contributed by atoms with Gasteiger partial charge in [-0.3, -0.25) is 9.59 Å². The molecule has 0 heterocycles. The molecule has 1 N–H and O–H groups in total. The molecule has 0 spiro atoms. The minimum absolute atomic E-state index is 0.0704. The maximum Gasteiger partial charge on any atom is 0.306 e. The zero-order chi connectivity index (χ0) is 15.5. The van der Waals surface area contributed by atoms with Crippen LogP contribution in [0.2, 0.25) is 0 Å². The van der Waals surface area contributed by atoms with Crippen LogP contribution in [0.3, 0.4) is 0 Å². The summed E-state index contributed by atoms with van der Waals surface area (Å²) < 4.78 is 15.1. The molecule has 1 amide bonds. The van der Waals surface area contributed by atoms with Crippen molar-refractivity contribution in [3.8, 4) is 5.75 Å². The molecule has 1 rings (SSSR count). The largest absolute Gasteiger partial charge is 0.491 e. The van der Waals surface area contributed by atoms with E-state index in [-0.39, 0.29) is 18.7 Å². The molecule has 0 aliphatic heterocycles. The average Bonchev–Trinajstić information content (AvgIpc) is 2.50. The van der Waals surface area contributed by atoms with Gasteiger partial charge in [-0.05, 0) is 31.2 Å². The van der Waals surface area contributed by atoms with Gasteiger partial charge in [-0.2, -0.15) is 0 Å². The van der Waals surface area contributed by atoms with Gasteiger partial charge in [-0.15, -0.1) is 0 Å². The summed E-state index contributed by atoms with van der Waals surface area (Å²) >= 11 is 0. The standard InChI is InChI=1S/C15H21NO5/c1-3-20-10-11-21-13-6-4-12(5-7-13)16-14(17)8-9-15(18)19-2/h4-7H,3,8-11H2,1-2H3,(H,16,17). The fourth-order valence-corrected chi connectivity index (χ4v) is 1.54. The van der Waals surface area contributed by atoms with Gasteiger partial charge in [0.1, 0.15) is 12.4 Å². The van der Waals surface area contributed by atoms with E-state index in [9.17, 15) is 9.59 Å². The maximum absolute atomic E-state index is 11.6. The van der Waals surface area contributed by atoms with E-state index in [0.717, 1.165) is 0 Å². The molecule has 1 aromatic rings. The van der Waals surface area contributed by atoms with Gasteiger partial charge < -0.3 is 19.5 Å². The number of carbonyl (C=O) groups is 2. The van der Waals surface area contributed by atoms with E-state index in [1.165, 1.54) is 7.11 Å². The van der Waals surface area contributed by atoms with Gasteiger partial charge in [0.05, 0.1) is 20.1 Å². The Kier molecular flexibility index (Phi) is 7.89. The topological polar surface area (TPSA) is 73.9 Å². The van der Waals surface area contributed by atoms with Crippen molar-refractivity contribution in [1.29, 1.82) is 0 Å². The molecule has 0 saturated carbocycles. The average molecular weight is 295 g/mol. The van der Waals surface area contributed by atoms with Crippen molar-refractivity contribution in [2.24, 2.45) is 0 Å². The lowest BCUT2D eigenvalue weighted by atomic mass is 10.2. The van der Waals surface area contributed by atoms with Crippen LogP contribution in [0.4, 0.5) is 5.69 Å². The number of ether oxygens (including phenoxy) is 3. The molecule has 21 heavy (non-hydrogen) atoms. The lowest BCUT2D eigenvalue weighted by Crippen LogP contribution is -2.13. The summed E-state index contributed by atoms with van der Waals surface area (Å²) in [7, 11) is 1.30. The van der Waals surface area contributed by atoms with Gasteiger partial charge in [0.2, 0.25) is 5.91 Å². The van der Waals surface area contributed by atoms with E-state index < -0.39 is 5.97 Å². The number of amides is 1. The van der Waals surface area contributed by atoms with Crippen LogP contribution < -0.4 is 10.1 Å². The quantitative estimate of drug-likeness (QED) is 0.557. The third kappa shape index (κ3) is 7.31. The van der Waals surface area contributed by atoms with E-state index in [4.69, 9.17) is 9.47 Å². The molecule has 0 fully saturated rings. The summed E-state index contributed by atoms with van der Waals surface area (Å²) in [6, 6.07) is 7.02. The molecular formula is C15H21NO5. The van der Waals surface area contributed by atoms with Gasteiger partial charge in [-0.1, -0.05) is 0 Å². The first-order chi connectivity index (χ1) is 10.2. The Bertz CT molecular complexity index is 444. The Morgan fingerprint density at radius 1 is 1.10 bits per heavy atom. The van der Waals surface area contributed by atoms with Crippen LogP contribution in [-0.4, -0.2) is 38.8 Å². The lowest BCUT2D eigenvalue weighted by molar-refractivity contribution is -0.141. The second kappa shape index (κ2) is 9.77. The molecular weight excluding hydrogens is 274 g/mol. The Balaban J connectivity index is 2.33. The van der Waals surface area contributed by atoms with E-state index >= 15 is 0 Å². The Labute approximate surface area is 124 Å². The van der Waals surface area contributed by atoms with Gasteiger partial charge >= 0.3 is 5.97 Å². The number of esters is 1. The summed E-state index contributed by atoms with van der Waals surface area (Å²) in [6.07, 6.45) is 0.167. The third-order valence-corrected chi connectivity index (χ3v) is 2.62. The van der Waals surface area contributed by atoms with Crippen LogP contribution in [0.5, 0.6) is 5.75 Å². The highest BCUT2D eigenvalue weighted by atomic mass is 16.5. The molecule has 0 atom stereocenters. The Hall–Kier alpha value is -2.08. The highest BCUT2D eigenvalue weighted by Crippen LogP contribution is 2.16. The third-order valence-electron chi connectivity index (χ3n) is 2.62. The number of carbonyl (C=O) groups excluding carboxylic acids is 2. The molecule has 0 bridgehead atoms. The molecule has 0 aliphatic carbocycles. The van der Waals surface area contributed by atoms with E-state index in [1.807, 2.05) is 6.92 Å². The number of anilines is 1. The molecule has 6 nitrogen and oxygen atoms in total. The maximum atomic E-state index is 11.6. The minimum Gasteiger partial charge on any atom is -0.491 e. The van der Waals surface area contributed by atoms with Gasteiger partial charge in [-0.25, -0.2) is 0 Å². The molecule has 0 aromatic heterocycles. The number of nitrogens with one attached hydrogen (secondary N) is 1. The van der Waals surface area contributed by atoms with Crippen LogP contribution in [-0.2, 0) is 19.1 Å². The molecule has 116 valence electrons. The first-order valence-corrected chi connectivity index (χ1v) is 6.83. The molecule has 0 unspecified atom stereocenters. The number of hydrogen-bond donors (Lipinski definition) is 1. The molecule has 0 saturated heterocycles. The molecule has 6 heteroatoms. The van der Waals surface area contributed by atoms with Gasteiger partial charge in [0, 0.05) is 18.7 Å². The summed E-state index contributed by atoms with van der Waals surface area (Å²) in [6.45, 7) is 3.62. The Morgan fingerprint density at radius 3 is 2.43 bits per heavy atom. The fourth-order valence-electron chi connectivity index (χ4n) is 1.54. The number of rotatable bonds is 9. The van der Waals surface area contributed by atoms with Crippen LogP contribution in [0.25, 0.3) is 0 Å². The summed E-state index contributed by atoms with van der Waals surface area (Å²) in [4.78, 5) is 22.5. The zero-order valence-electron chi connectivity index (χ0n) is 12.4. The van der Waals surface area contributed by atoms with E-state index in [0.29, 0.717) is 31.3 Å². The van der Waals surface area contributed by atoms with E-state index in [1.54, 1.807) is 24.3 Å². The first-order valence-electron chi connectivity index (χ1n) is 6.83. The van der Waals surface area contributed by atoms with Crippen molar-refractivity contribution in [2.75, 3.05) is 32.2 Å². The minimum atomic E-state index is -0.400. The van der Waals surface area contributed by atoms with Crippen molar-refractivity contribution in [1.82, 2.24) is 0 Å². The number of methoxy groups -OCH3 is 1. The van der Waals surface area contributed by atoms with Crippen molar-refractivity contribution >= 4 is 17.6 Å². The van der Waals surface area contributed by atoms with Crippen LogP contribution in [0.1, 0.15) is 19.8 Å².